The Morgan fingerprint density at radius 2 is 1.81 bits per heavy atom. The topological polar surface area (TPSA) is 81.2 Å². The zero-order chi connectivity index (χ0) is 22.0. The van der Waals surface area contributed by atoms with Crippen LogP contribution in [0.2, 0.25) is 0 Å². The number of aromatic nitrogens is 2. The normalized spacial score (nSPS) is 10.8. The van der Waals surface area contributed by atoms with Crippen molar-refractivity contribution in [2.75, 3.05) is 12.4 Å². The maximum Gasteiger partial charge on any atom is 0.350 e. The van der Waals surface area contributed by atoms with Gasteiger partial charge in [-0.15, -0.1) is 0 Å². The van der Waals surface area contributed by atoms with Crippen molar-refractivity contribution in [3.63, 3.8) is 0 Å². The largest absolute Gasteiger partial charge is 0.465 e. The van der Waals surface area contributed by atoms with Gasteiger partial charge in [0.2, 0.25) is 0 Å². The standard InChI is InChI=1S/C24H21N3O3S/c1-4-15-9-11-16(12-10-15)20-13-18(17-7-5-6-8-19(17)26-20)22(28)27-24-25-14(2)21(31-24)23(29)30-3/h5-13H,4H2,1-3H3,(H,25,27,28). The van der Waals surface area contributed by atoms with E-state index in [0.29, 0.717) is 21.3 Å². The molecule has 0 atom stereocenters. The molecular weight excluding hydrogens is 410 g/mol. The first-order valence-electron chi connectivity index (χ1n) is 9.86. The summed E-state index contributed by atoms with van der Waals surface area (Å²) in [6.45, 7) is 3.82. The smallest absolute Gasteiger partial charge is 0.350 e. The number of hydrogen-bond donors (Lipinski definition) is 1. The molecule has 31 heavy (non-hydrogen) atoms. The number of nitrogens with one attached hydrogen (secondary N) is 1. The fourth-order valence-electron chi connectivity index (χ4n) is 3.32. The lowest BCUT2D eigenvalue weighted by atomic mass is 10.0. The zero-order valence-electron chi connectivity index (χ0n) is 17.4. The van der Waals surface area contributed by atoms with Gasteiger partial charge in [0.05, 0.1) is 29.6 Å². The number of para-hydroxylation sites is 1. The van der Waals surface area contributed by atoms with Gasteiger partial charge in [0, 0.05) is 10.9 Å². The third-order valence-corrected chi connectivity index (χ3v) is 6.06. The van der Waals surface area contributed by atoms with Crippen LogP contribution in [0.3, 0.4) is 0 Å². The van der Waals surface area contributed by atoms with Gasteiger partial charge in [0.15, 0.2) is 5.13 Å². The molecule has 0 spiro atoms. The highest BCUT2D eigenvalue weighted by atomic mass is 32.1. The monoisotopic (exact) mass is 431 g/mol. The number of rotatable bonds is 5. The molecule has 0 aliphatic carbocycles. The summed E-state index contributed by atoms with van der Waals surface area (Å²) >= 11 is 1.09. The first-order chi connectivity index (χ1) is 15.0. The Balaban J connectivity index is 1.73. The van der Waals surface area contributed by atoms with E-state index in [2.05, 4.69) is 29.4 Å². The number of ether oxygens (including phenoxy) is 1. The van der Waals surface area contributed by atoms with E-state index in [1.807, 2.05) is 36.4 Å². The summed E-state index contributed by atoms with van der Waals surface area (Å²) < 4.78 is 4.77. The molecule has 2 heterocycles. The molecule has 0 aliphatic rings. The molecule has 0 bridgehead atoms. The number of fused-ring (bicyclic) bond motifs is 1. The molecule has 0 saturated carbocycles. The number of hydrogen-bond acceptors (Lipinski definition) is 6. The van der Waals surface area contributed by atoms with Crippen molar-refractivity contribution in [2.24, 2.45) is 0 Å². The van der Waals surface area contributed by atoms with Crippen molar-refractivity contribution >= 4 is 39.2 Å². The molecule has 0 saturated heterocycles. The summed E-state index contributed by atoms with van der Waals surface area (Å²) in [5.74, 6) is -0.780. The van der Waals surface area contributed by atoms with E-state index in [9.17, 15) is 9.59 Å². The molecule has 1 N–H and O–H groups in total. The van der Waals surface area contributed by atoms with E-state index in [1.165, 1.54) is 12.7 Å². The summed E-state index contributed by atoms with van der Waals surface area (Å²) in [6, 6.07) is 17.5. The predicted octanol–water partition coefficient (Wildman–Crippen LogP) is 5.27. The molecule has 0 unspecified atom stereocenters. The van der Waals surface area contributed by atoms with E-state index in [4.69, 9.17) is 9.72 Å². The van der Waals surface area contributed by atoms with Crippen LogP contribution in [0.15, 0.2) is 54.6 Å². The summed E-state index contributed by atoms with van der Waals surface area (Å²) in [5.41, 5.74) is 4.64. The van der Waals surface area contributed by atoms with Crippen LogP contribution in [0.5, 0.6) is 0 Å². The lowest BCUT2D eigenvalue weighted by Crippen LogP contribution is -2.13. The number of esters is 1. The lowest BCUT2D eigenvalue weighted by Gasteiger charge is -2.10. The highest BCUT2D eigenvalue weighted by Crippen LogP contribution is 2.28. The van der Waals surface area contributed by atoms with Gasteiger partial charge in [-0.2, -0.15) is 0 Å². The Kier molecular flexibility index (Phi) is 5.77. The number of carbonyl (C=O) groups excluding carboxylic acids is 2. The number of thiazole rings is 1. The van der Waals surface area contributed by atoms with E-state index in [-0.39, 0.29) is 5.91 Å². The number of carbonyl (C=O) groups is 2. The van der Waals surface area contributed by atoms with Crippen molar-refractivity contribution in [2.45, 2.75) is 20.3 Å². The predicted molar refractivity (Wildman–Crippen MR) is 123 cm³/mol. The van der Waals surface area contributed by atoms with Crippen LogP contribution in [0, 0.1) is 6.92 Å². The van der Waals surface area contributed by atoms with Crippen LogP contribution in [-0.4, -0.2) is 29.0 Å². The molecule has 7 heteroatoms. The maximum atomic E-state index is 13.2. The van der Waals surface area contributed by atoms with Crippen LogP contribution < -0.4 is 5.32 Å². The molecule has 6 nitrogen and oxygen atoms in total. The van der Waals surface area contributed by atoms with E-state index < -0.39 is 5.97 Å². The van der Waals surface area contributed by atoms with Crippen LogP contribution in [0.25, 0.3) is 22.2 Å². The van der Waals surface area contributed by atoms with Crippen LogP contribution in [-0.2, 0) is 11.2 Å². The van der Waals surface area contributed by atoms with Gasteiger partial charge >= 0.3 is 5.97 Å². The second-order valence-corrected chi connectivity index (χ2v) is 8.00. The van der Waals surface area contributed by atoms with E-state index >= 15 is 0 Å². The molecular formula is C24H21N3O3S. The number of methoxy groups -OCH3 is 1. The number of pyridine rings is 1. The fraction of sp³-hybridized carbons (Fsp3) is 0.167. The van der Waals surface area contributed by atoms with Crippen LogP contribution in [0.4, 0.5) is 5.13 Å². The third kappa shape index (κ3) is 4.18. The molecule has 4 aromatic rings. The summed E-state index contributed by atoms with van der Waals surface area (Å²) in [7, 11) is 1.32. The zero-order valence-corrected chi connectivity index (χ0v) is 18.2. The molecule has 1 amide bonds. The molecule has 0 aliphatic heterocycles. The first kappa shape index (κ1) is 20.7. The van der Waals surface area contributed by atoms with Gasteiger partial charge in [0.1, 0.15) is 4.88 Å². The van der Waals surface area contributed by atoms with Crippen molar-refractivity contribution in [3.05, 3.63) is 76.3 Å². The number of nitrogens with zero attached hydrogens (tertiary/aromatic N) is 2. The van der Waals surface area contributed by atoms with E-state index in [0.717, 1.165) is 39.9 Å². The van der Waals surface area contributed by atoms with E-state index in [1.54, 1.807) is 13.0 Å². The molecule has 0 fully saturated rings. The first-order valence-corrected chi connectivity index (χ1v) is 10.7. The third-order valence-electron chi connectivity index (χ3n) is 5.01. The lowest BCUT2D eigenvalue weighted by molar-refractivity contribution is 0.0605. The number of aryl methyl sites for hydroxylation is 2. The van der Waals surface area contributed by atoms with Crippen molar-refractivity contribution in [1.29, 1.82) is 0 Å². The Morgan fingerprint density at radius 3 is 2.52 bits per heavy atom. The minimum absolute atomic E-state index is 0.310. The fourth-order valence-corrected chi connectivity index (χ4v) is 4.20. The molecule has 2 aromatic carbocycles. The average Bonchev–Trinajstić information content (AvgIpc) is 3.17. The second kappa shape index (κ2) is 8.65. The highest BCUT2D eigenvalue weighted by Gasteiger charge is 2.19. The molecule has 156 valence electrons. The summed E-state index contributed by atoms with van der Waals surface area (Å²) in [5, 5.41) is 3.91. The Labute approximate surface area is 183 Å². The van der Waals surface area contributed by atoms with Gasteiger partial charge in [-0.1, -0.05) is 60.7 Å². The Morgan fingerprint density at radius 1 is 1.06 bits per heavy atom. The number of amides is 1. The maximum absolute atomic E-state index is 13.2. The quantitative estimate of drug-likeness (QED) is 0.436. The second-order valence-electron chi connectivity index (χ2n) is 7.00. The van der Waals surface area contributed by atoms with Crippen LogP contribution in [0.1, 0.15) is 38.2 Å². The highest BCUT2D eigenvalue weighted by molar-refractivity contribution is 7.17. The Hall–Kier alpha value is -3.58. The molecule has 4 rings (SSSR count). The average molecular weight is 432 g/mol. The molecule has 2 aromatic heterocycles. The van der Waals surface area contributed by atoms with Gasteiger partial charge in [-0.3, -0.25) is 10.1 Å². The van der Waals surface area contributed by atoms with Gasteiger partial charge < -0.3 is 4.74 Å². The van der Waals surface area contributed by atoms with Crippen LogP contribution >= 0.6 is 11.3 Å². The summed E-state index contributed by atoms with van der Waals surface area (Å²) in [4.78, 5) is 34.5. The minimum atomic E-state index is -0.470. The number of anilines is 1. The SMILES string of the molecule is CCc1ccc(-c2cc(C(=O)Nc3nc(C)c(C(=O)OC)s3)c3ccccc3n2)cc1. The van der Waals surface area contributed by atoms with Gasteiger partial charge in [0.25, 0.3) is 5.91 Å². The summed E-state index contributed by atoms with van der Waals surface area (Å²) in [6.07, 6.45) is 0.958. The van der Waals surface area contributed by atoms with Gasteiger partial charge in [-0.05, 0) is 31.0 Å². The number of benzene rings is 2. The van der Waals surface area contributed by atoms with Crippen molar-refractivity contribution in [3.8, 4) is 11.3 Å². The minimum Gasteiger partial charge on any atom is -0.465 e. The molecule has 0 radical (unpaired) electrons. The Bertz CT molecular complexity index is 1280. The van der Waals surface area contributed by atoms with Crippen molar-refractivity contribution in [1.82, 2.24) is 9.97 Å². The van der Waals surface area contributed by atoms with Crippen molar-refractivity contribution < 1.29 is 14.3 Å². The van der Waals surface area contributed by atoms with Gasteiger partial charge in [-0.25, -0.2) is 14.8 Å².